The van der Waals surface area contributed by atoms with Crippen LogP contribution in [-0.2, 0) is 16.0 Å². The highest BCUT2D eigenvalue weighted by molar-refractivity contribution is 5.94. The number of carbonyl (C=O) groups excluding carboxylic acids is 1. The number of pyridine rings is 2. The minimum Gasteiger partial charge on any atom is -0.377 e. The molecule has 4 heterocycles. The van der Waals surface area contributed by atoms with Gasteiger partial charge in [-0.2, -0.15) is 4.39 Å². The van der Waals surface area contributed by atoms with Crippen molar-refractivity contribution in [3.63, 3.8) is 0 Å². The van der Waals surface area contributed by atoms with Gasteiger partial charge in [-0.3, -0.25) is 9.59 Å². The molecule has 0 aromatic carbocycles. The Labute approximate surface area is 161 Å². The van der Waals surface area contributed by atoms with Crippen LogP contribution in [0.1, 0.15) is 23.2 Å². The van der Waals surface area contributed by atoms with Crippen LogP contribution in [-0.4, -0.2) is 58.4 Å². The Morgan fingerprint density at radius 2 is 2.25 bits per heavy atom. The minimum absolute atomic E-state index is 0.0688. The summed E-state index contributed by atoms with van der Waals surface area (Å²) in [5.74, 6) is -0.949. The molecule has 0 N–H and O–H groups in total. The Hall–Kier alpha value is -2.58. The van der Waals surface area contributed by atoms with Crippen molar-refractivity contribution in [2.75, 3.05) is 26.3 Å². The first kappa shape index (κ1) is 18.8. The zero-order valence-electron chi connectivity index (χ0n) is 15.4. The van der Waals surface area contributed by atoms with E-state index in [1.807, 2.05) is 6.07 Å². The van der Waals surface area contributed by atoms with Crippen molar-refractivity contribution in [1.82, 2.24) is 14.5 Å². The lowest BCUT2D eigenvalue weighted by atomic mass is 9.99. The van der Waals surface area contributed by atoms with E-state index < -0.39 is 11.5 Å². The summed E-state index contributed by atoms with van der Waals surface area (Å²) < 4.78 is 27.1. The van der Waals surface area contributed by atoms with Crippen LogP contribution in [0.25, 0.3) is 0 Å². The molecule has 0 radical (unpaired) electrons. The lowest BCUT2D eigenvalue weighted by molar-refractivity contribution is -0.0876. The largest absolute Gasteiger partial charge is 0.377 e. The fourth-order valence-corrected chi connectivity index (χ4v) is 3.87. The molecule has 1 amide bonds. The normalized spacial score (nSPS) is 25.0. The molecule has 2 saturated heterocycles. The van der Waals surface area contributed by atoms with Crippen LogP contribution in [0.3, 0.4) is 0 Å². The monoisotopic (exact) mass is 387 g/mol. The van der Waals surface area contributed by atoms with E-state index in [2.05, 4.69) is 4.98 Å². The number of halogens is 1. The third kappa shape index (κ3) is 3.98. The van der Waals surface area contributed by atoms with E-state index in [1.54, 1.807) is 21.7 Å². The van der Waals surface area contributed by atoms with Gasteiger partial charge in [0, 0.05) is 36.6 Å². The summed E-state index contributed by atoms with van der Waals surface area (Å²) in [5, 5.41) is 0. The van der Waals surface area contributed by atoms with Gasteiger partial charge in [-0.05, 0) is 25.0 Å². The number of rotatable bonds is 3. The summed E-state index contributed by atoms with van der Waals surface area (Å²) in [6.07, 6.45) is 4.40. The highest BCUT2D eigenvalue weighted by Crippen LogP contribution is 2.34. The fraction of sp³-hybridized carbons (Fsp3) is 0.450. The second-order valence-corrected chi connectivity index (χ2v) is 7.30. The van der Waals surface area contributed by atoms with Gasteiger partial charge in [0.15, 0.2) is 0 Å². The molecular formula is C20H22FN3O4. The zero-order chi connectivity index (χ0) is 19.6. The highest BCUT2D eigenvalue weighted by atomic mass is 19.1. The molecule has 0 bridgehead atoms. The van der Waals surface area contributed by atoms with Gasteiger partial charge in [-0.1, -0.05) is 6.07 Å². The van der Waals surface area contributed by atoms with Gasteiger partial charge < -0.3 is 18.9 Å². The molecule has 8 heteroatoms. The summed E-state index contributed by atoms with van der Waals surface area (Å²) in [5.41, 5.74) is -0.420. The number of carbonyl (C=O) groups is 1. The van der Waals surface area contributed by atoms with E-state index in [4.69, 9.17) is 9.47 Å². The summed E-state index contributed by atoms with van der Waals surface area (Å²) in [4.78, 5) is 29.9. The lowest BCUT2D eigenvalue weighted by Crippen LogP contribution is -2.47. The molecule has 0 saturated carbocycles. The summed E-state index contributed by atoms with van der Waals surface area (Å²) >= 11 is 0. The Kier molecular flexibility index (Phi) is 5.23. The van der Waals surface area contributed by atoms with E-state index in [9.17, 15) is 14.0 Å². The van der Waals surface area contributed by atoms with Crippen LogP contribution in [0.4, 0.5) is 4.39 Å². The van der Waals surface area contributed by atoms with Crippen molar-refractivity contribution in [3.05, 3.63) is 64.6 Å². The van der Waals surface area contributed by atoms with Crippen molar-refractivity contribution in [2.24, 2.45) is 0 Å². The number of hydrogen-bond acceptors (Lipinski definition) is 5. The Balaban J connectivity index is 1.47. The smallest absolute Gasteiger partial charge is 0.254 e. The van der Waals surface area contributed by atoms with E-state index in [0.29, 0.717) is 32.8 Å². The average molecular weight is 387 g/mol. The number of amides is 1. The van der Waals surface area contributed by atoms with Crippen molar-refractivity contribution in [3.8, 4) is 0 Å². The van der Waals surface area contributed by atoms with Crippen LogP contribution in [0.15, 0.2) is 47.5 Å². The van der Waals surface area contributed by atoms with Crippen LogP contribution in [0.5, 0.6) is 0 Å². The molecule has 1 unspecified atom stereocenters. The summed E-state index contributed by atoms with van der Waals surface area (Å²) in [6.45, 7) is 2.03. The second kappa shape index (κ2) is 7.81. The molecule has 2 aromatic rings. The zero-order valence-corrected chi connectivity index (χ0v) is 15.4. The van der Waals surface area contributed by atoms with Gasteiger partial charge in [-0.25, -0.2) is 4.98 Å². The van der Waals surface area contributed by atoms with Crippen LogP contribution < -0.4 is 5.56 Å². The molecule has 2 aliphatic heterocycles. The molecule has 1 spiro atoms. The number of ether oxygens (including phenoxy) is 2. The Morgan fingerprint density at radius 3 is 3.07 bits per heavy atom. The minimum atomic E-state index is -0.683. The fourth-order valence-electron chi connectivity index (χ4n) is 3.87. The Morgan fingerprint density at radius 1 is 1.36 bits per heavy atom. The van der Waals surface area contributed by atoms with Crippen molar-refractivity contribution >= 4 is 5.91 Å². The van der Waals surface area contributed by atoms with Gasteiger partial charge in [0.05, 0.1) is 32.4 Å². The predicted molar refractivity (Wildman–Crippen MR) is 98.5 cm³/mol. The van der Waals surface area contributed by atoms with Crippen molar-refractivity contribution < 1.29 is 18.7 Å². The molecule has 28 heavy (non-hydrogen) atoms. The molecule has 2 aromatic heterocycles. The topological polar surface area (TPSA) is 73.7 Å². The highest BCUT2D eigenvalue weighted by Gasteiger charge is 2.44. The maximum Gasteiger partial charge on any atom is 0.254 e. The SMILES string of the molecule is O=C(c1ccnc(F)c1)N1CCOC[C@]2(CCC(Cn3ccccc3=O)O2)C1. The molecule has 2 aliphatic rings. The molecular weight excluding hydrogens is 365 g/mol. The lowest BCUT2D eigenvalue weighted by Gasteiger charge is -2.32. The first-order chi connectivity index (χ1) is 13.5. The summed E-state index contributed by atoms with van der Waals surface area (Å²) in [6, 6.07) is 7.69. The molecule has 0 aliphatic carbocycles. The number of aromatic nitrogens is 2. The molecule has 4 rings (SSSR count). The second-order valence-electron chi connectivity index (χ2n) is 7.30. The molecule has 2 fully saturated rings. The van der Waals surface area contributed by atoms with Crippen LogP contribution in [0, 0.1) is 5.95 Å². The van der Waals surface area contributed by atoms with Gasteiger partial charge >= 0.3 is 0 Å². The maximum atomic E-state index is 13.4. The molecule has 2 atom stereocenters. The van der Waals surface area contributed by atoms with Gasteiger partial charge in [0.25, 0.3) is 11.5 Å². The Bertz CT molecular complexity index is 918. The predicted octanol–water partition coefficient (Wildman–Crippen LogP) is 1.47. The maximum absolute atomic E-state index is 13.4. The van der Waals surface area contributed by atoms with E-state index in [1.165, 1.54) is 18.3 Å². The first-order valence-corrected chi connectivity index (χ1v) is 9.37. The van der Waals surface area contributed by atoms with Crippen LogP contribution in [0.2, 0.25) is 0 Å². The third-order valence-corrected chi connectivity index (χ3v) is 5.25. The van der Waals surface area contributed by atoms with Gasteiger partial charge in [0.2, 0.25) is 5.95 Å². The van der Waals surface area contributed by atoms with Gasteiger partial charge in [0.1, 0.15) is 5.60 Å². The summed E-state index contributed by atoms with van der Waals surface area (Å²) in [7, 11) is 0. The number of nitrogens with zero attached hydrogens (tertiary/aromatic N) is 3. The third-order valence-electron chi connectivity index (χ3n) is 5.25. The van der Waals surface area contributed by atoms with Crippen molar-refractivity contribution in [2.45, 2.75) is 31.1 Å². The number of hydrogen-bond donors (Lipinski definition) is 0. The van der Waals surface area contributed by atoms with Gasteiger partial charge in [-0.15, -0.1) is 0 Å². The van der Waals surface area contributed by atoms with E-state index in [-0.39, 0.29) is 23.1 Å². The molecule has 7 nitrogen and oxygen atoms in total. The quantitative estimate of drug-likeness (QED) is 0.746. The van der Waals surface area contributed by atoms with Crippen molar-refractivity contribution in [1.29, 1.82) is 0 Å². The first-order valence-electron chi connectivity index (χ1n) is 9.37. The van der Waals surface area contributed by atoms with E-state index >= 15 is 0 Å². The standard InChI is InChI=1S/C20H22FN3O4/c21-17-11-15(5-7-22-17)19(26)24-9-10-27-14-20(13-24)6-4-16(28-20)12-23-8-2-1-3-18(23)25/h1-3,5,7-8,11,16H,4,6,9-10,12-14H2/t16?,20-/m0/s1. The molecule has 148 valence electrons. The van der Waals surface area contributed by atoms with E-state index in [0.717, 1.165) is 18.9 Å². The van der Waals surface area contributed by atoms with Crippen LogP contribution >= 0.6 is 0 Å². The average Bonchev–Trinajstić information content (AvgIpc) is 2.95.